The van der Waals surface area contributed by atoms with Crippen molar-refractivity contribution in [2.75, 3.05) is 4.90 Å². The molecule has 0 aliphatic rings. The standard InChI is InChI=1S/C54H37NO2S/c1-5-16-40(17-6-1)55(49-26-15-25-46-47-36-37-51-52(54(47)57-53(46)49)48-24-13-14-27-50(48)56-51)41-32-28-38(29-33-41)39-30-34-45(35-31-39)58(42-18-7-2-8-19-42,43-20-9-3-10-21-43)44-22-11-4-12-23-44/h1-37H. The average Bonchev–Trinajstić information content (AvgIpc) is 3.88. The maximum Gasteiger partial charge on any atom is 0.159 e. The molecule has 0 saturated heterocycles. The summed E-state index contributed by atoms with van der Waals surface area (Å²) in [5.41, 5.74) is 8.74. The Morgan fingerprint density at radius 1 is 0.310 bits per heavy atom. The predicted molar refractivity (Wildman–Crippen MR) is 241 cm³/mol. The first-order chi connectivity index (χ1) is 28.8. The van der Waals surface area contributed by atoms with Crippen LogP contribution >= 0.6 is 10.0 Å². The first kappa shape index (κ1) is 34.0. The molecule has 0 N–H and O–H groups in total. The minimum Gasteiger partial charge on any atom is -0.456 e. The van der Waals surface area contributed by atoms with Gasteiger partial charge in [-0.05, 0) is 108 Å². The first-order valence-electron chi connectivity index (χ1n) is 19.6. The van der Waals surface area contributed by atoms with Crippen LogP contribution in [0.25, 0.3) is 55.0 Å². The van der Waals surface area contributed by atoms with Crippen molar-refractivity contribution in [3.8, 4) is 11.1 Å². The SMILES string of the molecule is c1ccc(N(c2ccc(-c3ccc(S(c4ccccc4)(c4ccccc4)c4ccccc4)cc3)cc2)c2cccc3c2oc2c3ccc3oc4ccccc4c32)cc1. The number of hydrogen-bond donors (Lipinski definition) is 0. The Balaban J connectivity index is 1.01. The van der Waals surface area contributed by atoms with Gasteiger partial charge < -0.3 is 13.7 Å². The average molecular weight is 764 g/mol. The molecule has 11 aromatic rings. The Morgan fingerprint density at radius 3 is 1.41 bits per heavy atom. The molecule has 0 bridgehead atoms. The van der Waals surface area contributed by atoms with E-state index in [1.165, 1.54) is 25.1 Å². The normalized spacial score (nSPS) is 12.1. The Bertz CT molecular complexity index is 3100. The van der Waals surface area contributed by atoms with Gasteiger partial charge in [-0.15, -0.1) is 10.0 Å². The van der Waals surface area contributed by atoms with Gasteiger partial charge in [-0.2, -0.15) is 0 Å². The molecule has 0 saturated carbocycles. The van der Waals surface area contributed by atoms with E-state index in [9.17, 15) is 0 Å². The number of benzene rings is 9. The van der Waals surface area contributed by atoms with Crippen LogP contribution in [0.4, 0.5) is 17.1 Å². The highest BCUT2D eigenvalue weighted by Crippen LogP contribution is 2.73. The van der Waals surface area contributed by atoms with Gasteiger partial charge in [0.05, 0.1) is 11.1 Å². The first-order valence-corrected chi connectivity index (χ1v) is 21.2. The van der Waals surface area contributed by atoms with Gasteiger partial charge in [0.25, 0.3) is 0 Å². The van der Waals surface area contributed by atoms with Crippen molar-refractivity contribution < 1.29 is 8.83 Å². The number of hydrogen-bond acceptors (Lipinski definition) is 3. The van der Waals surface area contributed by atoms with E-state index in [2.05, 4.69) is 211 Å². The number of anilines is 3. The van der Waals surface area contributed by atoms with Gasteiger partial charge in [0.2, 0.25) is 0 Å². The number of rotatable bonds is 8. The Morgan fingerprint density at radius 2 is 0.793 bits per heavy atom. The second kappa shape index (κ2) is 14.0. The maximum atomic E-state index is 6.92. The van der Waals surface area contributed by atoms with Crippen LogP contribution in [0.2, 0.25) is 0 Å². The summed E-state index contributed by atoms with van der Waals surface area (Å²) in [6.45, 7) is 0. The van der Waals surface area contributed by atoms with Crippen LogP contribution in [0.1, 0.15) is 0 Å². The maximum absolute atomic E-state index is 6.92. The Kier molecular flexibility index (Phi) is 8.23. The van der Waals surface area contributed by atoms with Crippen molar-refractivity contribution in [2.24, 2.45) is 0 Å². The van der Waals surface area contributed by atoms with Crippen molar-refractivity contribution in [1.29, 1.82) is 0 Å². The van der Waals surface area contributed by atoms with E-state index < -0.39 is 10.0 Å². The number of furan rings is 2. The molecule has 0 spiro atoms. The van der Waals surface area contributed by atoms with Gasteiger partial charge in [0, 0.05) is 47.1 Å². The lowest BCUT2D eigenvalue weighted by Crippen LogP contribution is -2.10. The molecule has 2 heterocycles. The summed E-state index contributed by atoms with van der Waals surface area (Å²) in [5.74, 6) is 0. The fourth-order valence-electron chi connectivity index (χ4n) is 8.57. The monoisotopic (exact) mass is 763 g/mol. The van der Waals surface area contributed by atoms with Gasteiger partial charge in [-0.1, -0.05) is 127 Å². The number of para-hydroxylation sites is 3. The molecule has 0 aliphatic carbocycles. The molecule has 58 heavy (non-hydrogen) atoms. The van der Waals surface area contributed by atoms with Gasteiger partial charge in [0.15, 0.2) is 5.58 Å². The zero-order chi connectivity index (χ0) is 38.5. The molecule has 4 heteroatoms. The van der Waals surface area contributed by atoms with Gasteiger partial charge in [-0.3, -0.25) is 0 Å². The quantitative estimate of drug-likeness (QED) is 0.154. The van der Waals surface area contributed by atoms with Gasteiger partial charge in [0.1, 0.15) is 16.7 Å². The topological polar surface area (TPSA) is 29.5 Å². The van der Waals surface area contributed by atoms with Gasteiger partial charge in [-0.25, -0.2) is 0 Å². The molecule has 11 rings (SSSR count). The second-order valence-corrected chi connectivity index (χ2v) is 17.6. The lowest BCUT2D eigenvalue weighted by Gasteiger charge is -2.42. The molecule has 276 valence electrons. The third-order valence-electron chi connectivity index (χ3n) is 11.2. The lowest BCUT2D eigenvalue weighted by molar-refractivity contribution is 0.663. The van der Waals surface area contributed by atoms with Crippen molar-refractivity contribution in [3.63, 3.8) is 0 Å². The third-order valence-corrected chi connectivity index (χ3v) is 15.1. The van der Waals surface area contributed by atoms with Crippen LogP contribution in [-0.2, 0) is 0 Å². The summed E-state index contributed by atoms with van der Waals surface area (Å²) in [4.78, 5) is 7.53. The zero-order valence-electron chi connectivity index (χ0n) is 31.5. The van der Waals surface area contributed by atoms with Crippen LogP contribution in [0.3, 0.4) is 0 Å². The molecule has 0 amide bonds. The lowest BCUT2D eigenvalue weighted by atomic mass is 10.0. The summed E-state index contributed by atoms with van der Waals surface area (Å²) in [6.07, 6.45) is 0. The van der Waals surface area contributed by atoms with E-state index in [0.717, 1.165) is 66.5 Å². The fourth-order valence-corrected chi connectivity index (χ4v) is 12.4. The highest BCUT2D eigenvalue weighted by atomic mass is 32.3. The van der Waals surface area contributed by atoms with Crippen LogP contribution in [-0.4, -0.2) is 0 Å². The molecular weight excluding hydrogens is 727 g/mol. The van der Waals surface area contributed by atoms with E-state index in [1.807, 2.05) is 18.2 Å². The molecule has 2 aromatic heterocycles. The van der Waals surface area contributed by atoms with E-state index in [4.69, 9.17) is 8.83 Å². The van der Waals surface area contributed by atoms with Crippen molar-refractivity contribution in [1.82, 2.24) is 0 Å². The molecule has 0 atom stereocenters. The summed E-state index contributed by atoms with van der Waals surface area (Å²) in [6, 6.07) is 80.4. The molecule has 3 nitrogen and oxygen atoms in total. The minimum absolute atomic E-state index is 0.824. The zero-order valence-corrected chi connectivity index (χ0v) is 32.4. The molecule has 0 aliphatic heterocycles. The fraction of sp³-hybridized carbons (Fsp3) is 0. The second-order valence-electron chi connectivity index (χ2n) is 14.5. The van der Waals surface area contributed by atoms with Crippen LogP contribution < -0.4 is 4.90 Å². The third kappa shape index (κ3) is 5.45. The highest BCUT2D eigenvalue weighted by molar-refractivity contribution is 8.34. The van der Waals surface area contributed by atoms with E-state index in [0.29, 0.717) is 0 Å². The van der Waals surface area contributed by atoms with E-state index >= 15 is 0 Å². The predicted octanol–water partition coefficient (Wildman–Crippen LogP) is 16.0. The minimum atomic E-state index is -1.76. The highest BCUT2D eigenvalue weighted by Gasteiger charge is 2.33. The molecule has 9 aromatic carbocycles. The summed E-state index contributed by atoms with van der Waals surface area (Å²) in [7, 11) is -1.76. The Hall–Kier alpha value is -7.27. The summed E-state index contributed by atoms with van der Waals surface area (Å²) in [5, 5.41) is 4.20. The molecule has 0 radical (unpaired) electrons. The van der Waals surface area contributed by atoms with Crippen molar-refractivity contribution >= 4 is 71.0 Å². The molecular formula is C54H37NO2S. The Labute approximate surface area is 338 Å². The van der Waals surface area contributed by atoms with E-state index in [1.54, 1.807) is 0 Å². The summed E-state index contributed by atoms with van der Waals surface area (Å²) < 4.78 is 13.1. The number of fused-ring (bicyclic) bond motifs is 7. The van der Waals surface area contributed by atoms with Crippen molar-refractivity contribution in [2.45, 2.75) is 19.6 Å². The van der Waals surface area contributed by atoms with Crippen LogP contribution in [0.5, 0.6) is 0 Å². The molecule has 0 unspecified atom stereocenters. The van der Waals surface area contributed by atoms with Crippen LogP contribution in [0.15, 0.2) is 253 Å². The smallest absolute Gasteiger partial charge is 0.159 e. The van der Waals surface area contributed by atoms with Crippen LogP contribution in [0, 0.1) is 0 Å². The largest absolute Gasteiger partial charge is 0.456 e. The van der Waals surface area contributed by atoms with Crippen molar-refractivity contribution in [3.05, 3.63) is 224 Å². The van der Waals surface area contributed by atoms with E-state index in [-0.39, 0.29) is 0 Å². The summed E-state index contributed by atoms with van der Waals surface area (Å²) >= 11 is 0. The number of nitrogens with zero attached hydrogens (tertiary/aromatic N) is 1. The molecule has 0 fully saturated rings. The van der Waals surface area contributed by atoms with Gasteiger partial charge >= 0.3 is 0 Å².